The minimum atomic E-state index is 0.981. The van der Waals surface area contributed by atoms with Gasteiger partial charge >= 0.3 is 0 Å². The van der Waals surface area contributed by atoms with Gasteiger partial charge in [0.25, 0.3) is 0 Å². The predicted molar refractivity (Wildman–Crippen MR) is 223 cm³/mol. The van der Waals surface area contributed by atoms with Gasteiger partial charge in [0.1, 0.15) is 0 Å². The summed E-state index contributed by atoms with van der Waals surface area (Å²) < 4.78 is 4.67. The lowest BCUT2D eigenvalue weighted by molar-refractivity contribution is 1.13. The maximum absolute atomic E-state index is 6.01. The summed E-state index contributed by atoms with van der Waals surface area (Å²) in [6.45, 7) is 2.00. The zero-order valence-corrected chi connectivity index (χ0v) is 29.3. The van der Waals surface area contributed by atoms with Crippen LogP contribution in [0.15, 0.2) is 195 Å². The summed E-state index contributed by atoms with van der Waals surface area (Å²) in [6, 6.07) is 56.4. The molecule has 6 aromatic carbocycles. The summed E-state index contributed by atoms with van der Waals surface area (Å²) in [4.78, 5) is 6.54. The van der Waals surface area contributed by atoms with Gasteiger partial charge in [-0.1, -0.05) is 72.8 Å². The minimum absolute atomic E-state index is 0.981. The van der Waals surface area contributed by atoms with Crippen molar-refractivity contribution in [2.24, 2.45) is 5.73 Å². The van der Waals surface area contributed by atoms with Gasteiger partial charge in [-0.2, -0.15) is 0 Å². The molecular weight excluding hydrogens is 647 g/mol. The fourth-order valence-electron chi connectivity index (χ4n) is 7.47. The van der Waals surface area contributed by atoms with Crippen LogP contribution in [-0.4, -0.2) is 14.1 Å². The Morgan fingerprint density at radius 3 is 1.89 bits per heavy atom. The van der Waals surface area contributed by atoms with Crippen LogP contribution in [-0.2, 0) is 0 Å². The molecule has 0 bridgehead atoms. The van der Waals surface area contributed by atoms with Crippen LogP contribution in [0, 0.1) is 0 Å². The molecule has 254 valence electrons. The largest absolute Gasteiger partial charge is 0.404 e. The topological polar surface area (TPSA) is 52.0 Å². The van der Waals surface area contributed by atoms with Crippen LogP contribution in [0.1, 0.15) is 12.5 Å². The molecule has 0 amide bonds. The van der Waals surface area contributed by atoms with Gasteiger partial charge in [0.05, 0.1) is 16.6 Å². The molecule has 0 atom stereocenters. The zero-order chi connectivity index (χ0) is 35.7. The van der Waals surface area contributed by atoms with Crippen molar-refractivity contribution in [3.05, 3.63) is 200 Å². The number of hydrogen-bond donors (Lipinski definition) is 1. The molecule has 9 rings (SSSR count). The number of nitrogens with zero attached hydrogens (tertiary/aromatic N) is 4. The van der Waals surface area contributed by atoms with Gasteiger partial charge in [-0.25, -0.2) is 0 Å². The molecule has 0 fully saturated rings. The molecule has 5 nitrogen and oxygen atoms in total. The van der Waals surface area contributed by atoms with Crippen LogP contribution in [0.4, 0.5) is 17.1 Å². The normalized spacial score (nSPS) is 12.0. The molecule has 5 heteroatoms. The lowest BCUT2D eigenvalue weighted by atomic mass is 10.0. The summed E-state index contributed by atoms with van der Waals surface area (Å²) >= 11 is 0. The molecule has 2 N–H and O–H groups in total. The number of benzene rings is 6. The lowest BCUT2D eigenvalue weighted by Crippen LogP contribution is -2.10. The van der Waals surface area contributed by atoms with E-state index < -0.39 is 0 Å². The molecule has 0 aliphatic heterocycles. The third kappa shape index (κ3) is 5.75. The summed E-state index contributed by atoms with van der Waals surface area (Å²) in [5, 5.41) is 3.57. The Hall–Kier alpha value is -7.11. The average molecular weight is 684 g/mol. The maximum Gasteiger partial charge on any atom is 0.0548 e. The number of fused-ring (bicyclic) bond motifs is 4. The van der Waals surface area contributed by atoms with Crippen molar-refractivity contribution >= 4 is 55.3 Å². The second-order valence-corrected chi connectivity index (χ2v) is 13.1. The SMILES string of the molecule is C/C=C\C(=C/N)c1ccc(N(c2ccc(-c3ccncc3)cc2)c2ccc3c(c2)c2cc4c(ccn4-c4ccccc4)cc2n3-c2ccccc2)cc1. The smallest absolute Gasteiger partial charge is 0.0548 e. The van der Waals surface area contributed by atoms with Crippen LogP contribution >= 0.6 is 0 Å². The van der Waals surface area contributed by atoms with E-state index in [1.54, 1.807) is 6.20 Å². The molecule has 3 aromatic heterocycles. The Balaban J connectivity index is 1.26. The quantitative estimate of drug-likeness (QED) is 0.162. The molecule has 53 heavy (non-hydrogen) atoms. The van der Waals surface area contributed by atoms with Crippen molar-refractivity contribution in [2.75, 3.05) is 4.90 Å². The molecule has 0 saturated heterocycles. The minimum Gasteiger partial charge on any atom is -0.404 e. The Bertz CT molecular complexity index is 2760. The van der Waals surface area contributed by atoms with E-state index in [0.717, 1.165) is 56.2 Å². The van der Waals surface area contributed by atoms with E-state index in [9.17, 15) is 0 Å². The summed E-state index contributed by atoms with van der Waals surface area (Å²) in [7, 11) is 0. The van der Waals surface area contributed by atoms with Crippen molar-refractivity contribution in [3.8, 4) is 22.5 Å². The highest BCUT2D eigenvalue weighted by molar-refractivity contribution is 6.14. The number of anilines is 3. The first kappa shape index (κ1) is 31.8. The van der Waals surface area contributed by atoms with Gasteiger partial charge in [-0.3, -0.25) is 4.98 Å². The molecule has 0 radical (unpaired) electrons. The Morgan fingerprint density at radius 2 is 1.21 bits per heavy atom. The number of nitrogens with two attached hydrogens (primary N) is 1. The number of rotatable bonds is 8. The third-order valence-electron chi connectivity index (χ3n) is 9.99. The second kappa shape index (κ2) is 13.5. The molecule has 0 aliphatic carbocycles. The monoisotopic (exact) mass is 683 g/mol. The highest BCUT2D eigenvalue weighted by Gasteiger charge is 2.19. The molecule has 0 spiro atoms. The van der Waals surface area contributed by atoms with E-state index in [2.05, 4.69) is 171 Å². The number of pyridine rings is 1. The molecule has 0 unspecified atom stereocenters. The van der Waals surface area contributed by atoms with E-state index in [0.29, 0.717) is 0 Å². The number of allylic oxidation sites excluding steroid dienone is 3. The third-order valence-corrected chi connectivity index (χ3v) is 9.99. The van der Waals surface area contributed by atoms with Gasteiger partial charge in [0, 0.05) is 69.4 Å². The number of aromatic nitrogens is 3. The Morgan fingerprint density at radius 1 is 0.585 bits per heavy atom. The fourth-order valence-corrected chi connectivity index (χ4v) is 7.47. The molecular formula is C48H37N5. The Labute approximate surface area is 308 Å². The van der Waals surface area contributed by atoms with E-state index in [1.807, 2.05) is 43.6 Å². The van der Waals surface area contributed by atoms with Gasteiger partial charge in [-0.05, 0) is 126 Å². The van der Waals surface area contributed by atoms with E-state index in [1.165, 1.54) is 27.2 Å². The van der Waals surface area contributed by atoms with Crippen LogP contribution in [0.5, 0.6) is 0 Å². The standard InChI is InChI=1S/C48H37N5/c1-2-9-38(33-49)35-16-20-42(21-17-35)52(41-18-14-34(15-19-41)36-24-27-50-28-25-36)43-22-23-46-44(31-43)45-32-47-37(26-29-51(47)39-10-5-3-6-11-39)30-48(45)53(46)40-12-7-4-8-13-40/h2-33H,49H2,1H3/b9-2-,38-33+. The molecule has 0 saturated carbocycles. The van der Waals surface area contributed by atoms with Gasteiger partial charge < -0.3 is 19.8 Å². The Kier molecular flexibility index (Phi) is 8.14. The maximum atomic E-state index is 6.01. The van der Waals surface area contributed by atoms with E-state index >= 15 is 0 Å². The fraction of sp³-hybridized carbons (Fsp3) is 0.0208. The van der Waals surface area contributed by atoms with Crippen LogP contribution in [0.2, 0.25) is 0 Å². The van der Waals surface area contributed by atoms with Gasteiger partial charge in [0.2, 0.25) is 0 Å². The number of hydrogen-bond acceptors (Lipinski definition) is 3. The first-order valence-electron chi connectivity index (χ1n) is 17.9. The summed E-state index contributed by atoms with van der Waals surface area (Å²) in [6.07, 6.45) is 11.5. The van der Waals surface area contributed by atoms with E-state index in [4.69, 9.17) is 5.73 Å². The first-order valence-corrected chi connectivity index (χ1v) is 17.9. The highest BCUT2D eigenvalue weighted by Crippen LogP contribution is 2.41. The summed E-state index contributed by atoms with van der Waals surface area (Å²) in [5.74, 6) is 0. The van der Waals surface area contributed by atoms with Gasteiger partial charge in [0.15, 0.2) is 0 Å². The molecule has 0 aliphatic rings. The van der Waals surface area contributed by atoms with Crippen LogP contribution in [0.25, 0.3) is 60.8 Å². The van der Waals surface area contributed by atoms with Crippen LogP contribution in [0.3, 0.4) is 0 Å². The first-order chi connectivity index (χ1) is 26.2. The summed E-state index contributed by atoms with van der Waals surface area (Å²) in [5.41, 5.74) is 19.3. The van der Waals surface area contributed by atoms with Crippen molar-refractivity contribution in [1.29, 1.82) is 0 Å². The molecule has 9 aromatic rings. The van der Waals surface area contributed by atoms with Gasteiger partial charge in [-0.15, -0.1) is 0 Å². The predicted octanol–water partition coefficient (Wildman–Crippen LogP) is 12.1. The zero-order valence-electron chi connectivity index (χ0n) is 29.3. The number of para-hydroxylation sites is 2. The van der Waals surface area contributed by atoms with Crippen LogP contribution < -0.4 is 10.6 Å². The molecule has 3 heterocycles. The second-order valence-electron chi connectivity index (χ2n) is 13.1. The average Bonchev–Trinajstić information content (AvgIpc) is 3.79. The highest BCUT2D eigenvalue weighted by atomic mass is 15.1. The van der Waals surface area contributed by atoms with Crippen molar-refractivity contribution in [1.82, 2.24) is 14.1 Å². The lowest BCUT2D eigenvalue weighted by Gasteiger charge is -2.26. The van der Waals surface area contributed by atoms with E-state index in [-0.39, 0.29) is 0 Å². The van der Waals surface area contributed by atoms with Crippen molar-refractivity contribution in [3.63, 3.8) is 0 Å². The van der Waals surface area contributed by atoms with Crippen molar-refractivity contribution < 1.29 is 0 Å². The van der Waals surface area contributed by atoms with Crippen molar-refractivity contribution in [2.45, 2.75) is 6.92 Å².